The molecule has 2 aromatic rings. The Labute approximate surface area is 137 Å². The number of nitrogens with zero attached hydrogens (tertiary/aromatic N) is 1. The minimum atomic E-state index is 0.129. The standard InChI is InChI=1S/C20H21NO2/c1-21-16(11-10-15-6-2-3-7-18(15)21)12-13-17-14-22-19-8-4-5-9-20(19)23-17/h2-11,16-17H,12-14H2,1H3. The van der Waals surface area contributed by atoms with E-state index in [2.05, 4.69) is 48.4 Å². The van der Waals surface area contributed by atoms with E-state index in [1.54, 1.807) is 0 Å². The van der Waals surface area contributed by atoms with Crippen LogP contribution in [0.4, 0.5) is 5.69 Å². The van der Waals surface area contributed by atoms with Crippen molar-refractivity contribution in [2.45, 2.75) is 25.0 Å². The SMILES string of the molecule is CN1c2ccccc2C=CC1CCC1COc2ccccc2O1. The summed E-state index contributed by atoms with van der Waals surface area (Å²) in [6.45, 7) is 0.633. The molecule has 23 heavy (non-hydrogen) atoms. The predicted octanol–water partition coefficient (Wildman–Crippen LogP) is 4.14. The van der Waals surface area contributed by atoms with Crippen molar-refractivity contribution in [3.63, 3.8) is 0 Å². The molecule has 0 spiro atoms. The van der Waals surface area contributed by atoms with Crippen LogP contribution in [0.5, 0.6) is 11.5 Å². The van der Waals surface area contributed by atoms with E-state index < -0.39 is 0 Å². The lowest BCUT2D eigenvalue weighted by Gasteiger charge is -2.34. The number of hydrogen-bond acceptors (Lipinski definition) is 3. The summed E-state index contributed by atoms with van der Waals surface area (Å²) in [5.41, 5.74) is 2.59. The number of benzene rings is 2. The topological polar surface area (TPSA) is 21.7 Å². The Morgan fingerprint density at radius 3 is 2.70 bits per heavy atom. The predicted molar refractivity (Wildman–Crippen MR) is 93.3 cm³/mol. The first-order chi connectivity index (χ1) is 11.3. The van der Waals surface area contributed by atoms with Crippen molar-refractivity contribution in [2.24, 2.45) is 0 Å². The van der Waals surface area contributed by atoms with Crippen molar-refractivity contribution in [1.29, 1.82) is 0 Å². The Morgan fingerprint density at radius 1 is 1.00 bits per heavy atom. The lowest BCUT2D eigenvalue weighted by atomic mass is 9.99. The van der Waals surface area contributed by atoms with E-state index in [0.717, 1.165) is 24.3 Å². The van der Waals surface area contributed by atoms with Crippen LogP contribution in [0.1, 0.15) is 18.4 Å². The fraction of sp³-hybridized carbons (Fsp3) is 0.300. The Balaban J connectivity index is 1.39. The highest BCUT2D eigenvalue weighted by atomic mass is 16.6. The monoisotopic (exact) mass is 307 g/mol. The van der Waals surface area contributed by atoms with E-state index in [1.807, 2.05) is 24.3 Å². The molecule has 0 saturated heterocycles. The molecule has 2 aromatic carbocycles. The Morgan fingerprint density at radius 2 is 1.78 bits per heavy atom. The van der Waals surface area contributed by atoms with Crippen molar-refractivity contribution in [3.05, 3.63) is 60.2 Å². The zero-order valence-corrected chi connectivity index (χ0v) is 13.3. The molecule has 0 N–H and O–H groups in total. The molecule has 0 fully saturated rings. The molecule has 0 amide bonds. The van der Waals surface area contributed by atoms with Gasteiger partial charge in [-0.15, -0.1) is 0 Å². The van der Waals surface area contributed by atoms with Gasteiger partial charge < -0.3 is 14.4 Å². The minimum absolute atomic E-state index is 0.129. The normalized spacial score (nSPS) is 21.9. The molecule has 2 aliphatic heterocycles. The zero-order chi connectivity index (χ0) is 15.6. The number of fused-ring (bicyclic) bond motifs is 2. The molecule has 2 aliphatic rings. The van der Waals surface area contributed by atoms with Crippen LogP contribution >= 0.6 is 0 Å². The van der Waals surface area contributed by atoms with Gasteiger partial charge in [-0.2, -0.15) is 0 Å². The molecule has 2 atom stereocenters. The van der Waals surface area contributed by atoms with Crippen LogP contribution in [0.2, 0.25) is 0 Å². The molecule has 2 unspecified atom stereocenters. The number of rotatable bonds is 3. The summed E-state index contributed by atoms with van der Waals surface area (Å²) in [4.78, 5) is 2.35. The Kier molecular flexibility index (Phi) is 3.70. The van der Waals surface area contributed by atoms with Crippen LogP contribution in [-0.2, 0) is 0 Å². The quantitative estimate of drug-likeness (QED) is 0.850. The first kappa shape index (κ1) is 14.2. The summed E-state index contributed by atoms with van der Waals surface area (Å²) in [6, 6.07) is 16.8. The van der Waals surface area contributed by atoms with Crippen molar-refractivity contribution in [2.75, 3.05) is 18.6 Å². The van der Waals surface area contributed by atoms with Crippen LogP contribution in [0.15, 0.2) is 54.6 Å². The molecule has 0 radical (unpaired) electrons. The van der Waals surface area contributed by atoms with E-state index >= 15 is 0 Å². The first-order valence-corrected chi connectivity index (χ1v) is 8.20. The molecule has 118 valence electrons. The third-order valence-electron chi connectivity index (χ3n) is 4.66. The maximum absolute atomic E-state index is 6.06. The molecular formula is C20H21NO2. The maximum Gasteiger partial charge on any atom is 0.161 e. The number of anilines is 1. The lowest BCUT2D eigenvalue weighted by molar-refractivity contribution is 0.0827. The van der Waals surface area contributed by atoms with Gasteiger partial charge >= 0.3 is 0 Å². The van der Waals surface area contributed by atoms with Gasteiger partial charge in [0.25, 0.3) is 0 Å². The van der Waals surface area contributed by atoms with Crippen molar-refractivity contribution >= 4 is 11.8 Å². The fourth-order valence-corrected chi connectivity index (χ4v) is 3.32. The molecule has 2 heterocycles. The van der Waals surface area contributed by atoms with Crippen LogP contribution in [0.25, 0.3) is 6.08 Å². The second kappa shape index (κ2) is 5.99. The average molecular weight is 307 g/mol. The van der Waals surface area contributed by atoms with Crippen LogP contribution in [0, 0.1) is 0 Å². The molecule has 0 saturated carbocycles. The summed E-state index contributed by atoms with van der Waals surface area (Å²) in [5, 5.41) is 0. The smallest absolute Gasteiger partial charge is 0.161 e. The summed E-state index contributed by atoms with van der Waals surface area (Å²) in [6.07, 6.45) is 6.68. The largest absolute Gasteiger partial charge is 0.486 e. The lowest BCUT2D eigenvalue weighted by Crippen LogP contribution is -2.35. The van der Waals surface area contributed by atoms with Gasteiger partial charge in [-0.05, 0) is 36.6 Å². The second-order valence-electron chi connectivity index (χ2n) is 6.17. The van der Waals surface area contributed by atoms with Crippen molar-refractivity contribution in [1.82, 2.24) is 0 Å². The number of likely N-dealkylation sites (N-methyl/N-ethyl adjacent to an activating group) is 1. The Hall–Kier alpha value is -2.42. The third-order valence-corrected chi connectivity index (χ3v) is 4.66. The molecule has 4 rings (SSSR count). The number of hydrogen-bond donors (Lipinski definition) is 0. The van der Waals surface area contributed by atoms with Crippen LogP contribution < -0.4 is 14.4 Å². The van der Waals surface area contributed by atoms with Gasteiger partial charge in [0.1, 0.15) is 12.7 Å². The van der Waals surface area contributed by atoms with Gasteiger partial charge in [-0.25, -0.2) is 0 Å². The van der Waals surface area contributed by atoms with Crippen molar-refractivity contribution in [3.8, 4) is 11.5 Å². The second-order valence-corrected chi connectivity index (χ2v) is 6.17. The summed E-state index contributed by atoms with van der Waals surface area (Å²) >= 11 is 0. The van der Waals surface area contributed by atoms with E-state index in [0.29, 0.717) is 12.6 Å². The Bertz CT molecular complexity index is 725. The average Bonchev–Trinajstić information content (AvgIpc) is 2.61. The fourth-order valence-electron chi connectivity index (χ4n) is 3.32. The van der Waals surface area contributed by atoms with Gasteiger partial charge in [0.2, 0.25) is 0 Å². The molecule has 0 aliphatic carbocycles. The van der Waals surface area contributed by atoms with Gasteiger partial charge in [-0.1, -0.05) is 42.5 Å². The maximum atomic E-state index is 6.06. The minimum Gasteiger partial charge on any atom is -0.486 e. The summed E-state index contributed by atoms with van der Waals surface area (Å²) in [5.74, 6) is 1.72. The molecule has 0 aromatic heterocycles. The highest BCUT2D eigenvalue weighted by Gasteiger charge is 2.24. The van der Waals surface area contributed by atoms with Gasteiger partial charge in [0.15, 0.2) is 11.5 Å². The first-order valence-electron chi connectivity index (χ1n) is 8.20. The highest BCUT2D eigenvalue weighted by molar-refractivity contribution is 5.71. The number of para-hydroxylation sites is 3. The summed E-state index contributed by atoms with van der Waals surface area (Å²) in [7, 11) is 2.17. The molecule has 3 nitrogen and oxygen atoms in total. The van der Waals surface area contributed by atoms with Gasteiger partial charge in [0, 0.05) is 18.8 Å². The molecule has 3 heteroatoms. The number of ether oxygens (including phenoxy) is 2. The van der Waals surface area contributed by atoms with E-state index in [9.17, 15) is 0 Å². The highest BCUT2D eigenvalue weighted by Crippen LogP contribution is 2.33. The molecular weight excluding hydrogens is 286 g/mol. The summed E-state index contributed by atoms with van der Waals surface area (Å²) < 4.78 is 11.9. The zero-order valence-electron chi connectivity index (χ0n) is 13.3. The van der Waals surface area contributed by atoms with Crippen LogP contribution in [0.3, 0.4) is 0 Å². The van der Waals surface area contributed by atoms with E-state index in [-0.39, 0.29) is 6.10 Å². The molecule has 0 bridgehead atoms. The van der Waals surface area contributed by atoms with Crippen LogP contribution in [-0.4, -0.2) is 25.8 Å². The van der Waals surface area contributed by atoms with Gasteiger partial charge in [0.05, 0.1) is 0 Å². The van der Waals surface area contributed by atoms with Crippen molar-refractivity contribution < 1.29 is 9.47 Å². The van der Waals surface area contributed by atoms with E-state index in [1.165, 1.54) is 11.3 Å². The van der Waals surface area contributed by atoms with Gasteiger partial charge in [-0.3, -0.25) is 0 Å². The van der Waals surface area contributed by atoms with E-state index in [4.69, 9.17) is 9.47 Å². The third kappa shape index (κ3) is 2.79.